The fourth-order valence-corrected chi connectivity index (χ4v) is 4.52. The summed E-state index contributed by atoms with van der Waals surface area (Å²) in [4.78, 5) is 78.8. The van der Waals surface area contributed by atoms with Crippen LogP contribution in [0.1, 0.15) is 49.0 Å². The molecule has 246 valence electrons. The van der Waals surface area contributed by atoms with Crippen molar-refractivity contribution in [2.24, 2.45) is 33.9 Å². The fourth-order valence-electron chi connectivity index (χ4n) is 4.42. The molecule has 0 radical (unpaired) electrons. The van der Waals surface area contributed by atoms with E-state index >= 15 is 0 Å². The average molecular weight is 711 g/mol. The number of carbonyl (C=O) groups excluding carboxylic acids is 6. The summed E-state index contributed by atoms with van der Waals surface area (Å²) in [5.74, 6) is -3.16. The second-order valence-electron chi connectivity index (χ2n) is 10.6. The Balaban J connectivity index is 1.40. The van der Waals surface area contributed by atoms with E-state index in [-0.39, 0.29) is 33.2 Å². The number of nitrogens with zero attached hydrogens (tertiary/aromatic N) is 5. The number of nitrogens with two attached hydrogens (primary N) is 1. The Kier molecular flexibility index (Phi) is 9.84. The molecule has 0 aliphatic rings. The Bertz CT molecular complexity index is 1950. The third-order valence-electron chi connectivity index (χ3n) is 6.83. The van der Waals surface area contributed by atoms with Gasteiger partial charge in [-0.05, 0) is 41.1 Å². The number of aromatic nitrogens is 5. The van der Waals surface area contributed by atoms with E-state index in [1.165, 1.54) is 55.8 Å². The van der Waals surface area contributed by atoms with Crippen molar-refractivity contribution >= 4 is 74.3 Å². The van der Waals surface area contributed by atoms with E-state index in [0.29, 0.717) is 17.1 Å². The van der Waals surface area contributed by atoms with Crippen LogP contribution in [0, 0.1) is 0 Å². The highest BCUT2D eigenvalue weighted by molar-refractivity contribution is 9.12. The number of carbonyl (C=O) groups is 6. The minimum absolute atomic E-state index is 0.0121. The second kappa shape index (κ2) is 13.6. The van der Waals surface area contributed by atoms with Gasteiger partial charge >= 0.3 is 0 Å². The van der Waals surface area contributed by atoms with Crippen molar-refractivity contribution in [2.75, 3.05) is 21.3 Å². The van der Waals surface area contributed by atoms with Crippen LogP contribution in [-0.4, -0.2) is 64.7 Å². The van der Waals surface area contributed by atoms with Gasteiger partial charge in [-0.15, -0.1) is 0 Å². The van der Waals surface area contributed by atoms with Gasteiger partial charge in [0, 0.05) is 53.0 Å². The Morgan fingerprint density at radius 1 is 0.702 bits per heavy atom. The summed E-state index contributed by atoms with van der Waals surface area (Å²) >= 11 is 2.98. The third-order valence-corrected chi connectivity index (χ3v) is 7.19. The highest BCUT2D eigenvalue weighted by atomic mass is 79.9. The summed E-state index contributed by atoms with van der Waals surface area (Å²) in [6, 6.07) is 3.52. The van der Waals surface area contributed by atoms with E-state index in [1.807, 2.05) is 0 Å². The zero-order valence-electron chi connectivity index (χ0n) is 26.0. The van der Waals surface area contributed by atoms with Crippen LogP contribution in [0.4, 0.5) is 22.9 Å². The zero-order chi connectivity index (χ0) is 34.7. The van der Waals surface area contributed by atoms with Gasteiger partial charge in [0.25, 0.3) is 29.5 Å². The molecule has 1 unspecified atom stereocenters. The van der Waals surface area contributed by atoms with Crippen LogP contribution in [-0.2, 0) is 37.8 Å². The van der Waals surface area contributed by atoms with E-state index < -0.39 is 41.5 Å². The molecule has 4 rings (SSSR count). The van der Waals surface area contributed by atoms with E-state index in [9.17, 15) is 28.8 Å². The van der Waals surface area contributed by atoms with Gasteiger partial charge in [-0.1, -0.05) is 6.58 Å². The molecule has 0 bridgehead atoms. The molecule has 0 spiro atoms. The van der Waals surface area contributed by atoms with Crippen molar-refractivity contribution in [3.63, 3.8) is 0 Å². The van der Waals surface area contributed by atoms with Gasteiger partial charge in [0.05, 0.1) is 21.5 Å². The summed E-state index contributed by atoms with van der Waals surface area (Å²) in [6.45, 7) is 4.94. The van der Waals surface area contributed by atoms with Gasteiger partial charge in [-0.25, -0.2) is 4.98 Å². The number of amides is 6. The van der Waals surface area contributed by atoms with Gasteiger partial charge in [-0.3, -0.25) is 28.8 Å². The highest BCUT2D eigenvalue weighted by Gasteiger charge is 2.21. The van der Waals surface area contributed by atoms with Crippen molar-refractivity contribution < 1.29 is 28.8 Å². The standard InChI is InChI=1S/C29H32BrN11O6/c1-14(30)25(43)37-22-13-41(6)24(36-22)29(47)35-18-9-21(40(5)12-18)28(46)34-17-8-20(39(4)11-17)27(45)33-16-7-19(38(3)10-16)26(44)32-15(2)23(31)42/h7-13,15H,1H2,2-6H3,(H2,31,42)(H,32,44)(H,33,45)(H,34,46)(H,35,47)(H,37,43). The molecule has 6 amide bonds. The molecular weight excluding hydrogens is 678 g/mol. The Hall–Kier alpha value is -5.91. The monoisotopic (exact) mass is 709 g/mol. The topological polar surface area (TPSA) is 221 Å². The number of hydrogen-bond acceptors (Lipinski definition) is 7. The lowest BCUT2D eigenvalue weighted by Crippen LogP contribution is -2.42. The molecule has 0 saturated carbocycles. The summed E-state index contributed by atoms with van der Waals surface area (Å²) in [5.41, 5.74) is 6.80. The van der Waals surface area contributed by atoms with Crippen LogP contribution in [0.3, 0.4) is 0 Å². The van der Waals surface area contributed by atoms with Crippen molar-refractivity contribution in [3.8, 4) is 0 Å². The average Bonchev–Trinajstić information content (AvgIpc) is 3.73. The summed E-state index contributed by atoms with van der Waals surface area (Å²) in [5, 5.41) is 13.1. The summed E-state index contributed by atoms with van der Waals surface area (Å²) in [6.07, 6.45) is 6.09. The van der Waals surface area contributed by atoms with Gasteiger partial charge < -0.3 is 50.6 Å². The molecule has 4 aromatic rings. The van der Waals surface area contributed by atoms with Crippen molar-refractivity contribution in [3.05, 3.63) is 77.0 Å². The molecular formula is C29H32BrN11O6. The number of imidazole rings is 1. The molecule has 0 fully saturated rings. The first-order valence-corrected chi connectivity index (χ1v) is 14.6. The van der Waals surface area contributed by atoms with Crippen LogP contribution in [0.15, 0.2) is 54.0 Å². The molecule has 47 heavy (non-hydrogen) atoms. The third kappa shape index (κ3) is 7.85. The van der Waals surface area contributed by atoms with Crippen molar-refractivity contribution in [1.29, 1.82) is 0 Å². The molecule has 17 nitrogen and oxygen atoms in total. The maximum Gasteiger partial charge on any atom is 0.291 e. The van der Waals surface area contributed by atoms with Gasteiger partial charge in [0.1, 0.15) is 23.1 Å². The van der Waals surface area contributed by atoms with Crippen LogP contribution in [0.25, 0.3) is 0 Å². The number of rotatable bonds is 11. The summed E-state index contributed by atoms with van der Waals surface area (Å²) in [7, 11) is 6.44. The van der Waals surface area contributed by atoms with Crippen molar-refractivity contribution in [1.82, 2.24) is 28.6 Å². The first-order valence-electron chi connectivity index (χ1n) is 13.8. The number of anilines is 4. The lowest BCUT2D eigenvalue weighted by Gasteiger charge is -2.10. The first kappa shape index (κ1) is 34.0. The Morgan fingerprint density at radius 3 is 1.55 bits per heavy atom. The lowest BCUT2D eigenvalue weighted by molar-refractivity contribution is -0.119. The number of hydrogen-bond donors (Lipinski definition) is 6. The van der Waals surface area contributed by atoms with E-state index in [4.69, 9.17) is 5.73 Å². The van der Waals surface area contributed by atoms with E-state index in [2.05, 4.69) is 54.1 Å². The predicted octanol–water partition coefficient (Wildman–Crippen LogP) is 1.64. The molecule has 0 aliphatic carbocycles. The largest absolute Gasteiger partial charge is 0.368 e. The van der Waals surface area contributed by atoms with E-state index in [1.54, 1.807) is 40.6 Å². The first-order chi connectivity index (χ1) is 22.0. The molecule has 4 heterocycles. The van der Waals surface area contributed by atoms with Crippen LogP contribution in [0.5, 0.6) is 0 Å². The molecule has 0 aromatic carbocycles. The van der Waals surface area contributed by atoms with E-state index in [0.717, 1.165) is 0 Å². The Labute approximate surface area is 276 Å². The second-order valence-corrected chi connectivity index (χ2v) is 11.5. The Morgan fingerprint density at radius 2 is 1.13 bits per heavy atom. The molecule has 18 heteroatoms. The maximum absolute atomic E-state index is 13.1. The quantitative estimate of drug-likeness (QED) is 0.126. The maximum atomic E-state index is 13.1. The van der Waals surface area contributed by atoms with Gasteiger partial charge in [-0.2, -0.15) is 0 Å². The zero-order valence-corrected chi connectivity index (χ0v) is 27.6. The molecule has 4 aromatic heterocycles. The SMILES string of the molecule is C=C(Br)C(=O)Nc1cn(C)c(C(=O)Nc2cc(C(=O)Nc3cc(C(=O)Nc4cc(C(=O)NC(C)C(N)=O)n(C)c4)n(C)c3)n(C)c2)n1. The highest BCUT2D eigenvalue weighted by Crippen LogP contribution is 2.20. The van der Waals surface area contributed by atoms with Crippen LogP contribution in [0.2, 0.25) is 0 Å². The van der Waals surface area contributed by atoms with Crippen molar-refractivity contribution in [2.45, 2.75) is 13.0 Å². The molecule has 0 saturated heterocycles. The normalized spacial score (nSPS) is 11.4. The number of aryl methyl sites for hydroxylation is 4. The van der Waals surface area contributed by atoms with Gasteiger partial charge in [0.2, 0.25) is 11.7 Å². The fraction of sp³-hybridized carbons (Fsp3) is 0.207. The predicted molar refractivity (Wildman–Crippen MR) is 176 cm³/mol. The number of nitrogens with one attached hydrogen (secondary N) is 5. The summed E-state index contributed by atoms with van der Waals surface area (Å²) < 4.78 is 6.05. The number of halogens is 1. The molecule has 7 N–H and O–H groups in total. The van der Waals surface area contributed by atoms with Crippen LogP contribution < -0.4 is 32.3 Å². The van der Waals surface area contributed by atoms with Crippen LogP contribution >= 0.6 is 15.9 Å². The minimum atomic E-state index is -0.879. The lowest BCUT2D eigenvalue weighted by atomic mass is 10.3. The minimum Gasteiger partial charge on any atom is -0.368 e. The number of primary amides is 1. The van der Waals surface area contributed by atoms with Gasteiger partial charge in [0.15, 0.2) is 5.82 Å². The molecule has 1 atom stereocenters. The smallest absolute Gasteiger partial charge is 0.291 e. The molecule has 0 aliphatic heterocycles.